The molecule has 3 rings (SSSR count). The first-order valence-electron chi connectivity index (χ1n) is 18.2. The molecule has 4 amide bonds. The van der Waals surface area contributed by atoms with Crippen molar-refractivity contribution >= 4 is 48.0 Å². The molecular weight excluding hydrogens is 748 g/mol. The summed E-state index contributed by atoms with van der Waals surface area (Å²) in [6.07, 6.45) is 2.97. The van der Waals surface area contributed by atoms with Crippen LogP contribution < -0.4 is 20.7 Å². The lowest BCUT2D eigenvalue weighted by Crippen LogP contribution is -2.49. The zero-order chi connectivity index (χ0) is 42.1. The minimum Gasteiger partial charge on any atom is -0.481 e. The van der Waals surface area contributed by atoms with Crippen molar-refractivity contribution in [3.8, 4) is 17.1 Å². The van der Waals surface area contributed by atoms with Crippen LogP contribution in [0.1, 0.15) is 96.1 Å². The first-order valence-corrected chi connectivity index (χ1v) is 18.2. The van der Waals surface area contributed by atoms with E-state index in [1.54, 1.807) is 31.2 Å². The second-order valence-electron chi connectivity index (χ2n) is 12.7. The van der Waals surface area contributed by atoms with Crippen LogP contribution in [-0.2, 0) is 35.2 Å². The van der Waals surface area contributed by atoms with Gasteiger partial charge in [0.2, 0.25) is 12.3 Å². The van der Waals surface area contributed by atoms with Gasteiger partial charge >= 0.3 is 23.9 Å². The van der Waals surface area contributed by atoms with Gasteiger partial charge < -0.3 is 45.3 Å². The Balaban J connectivity index is 1.73. The molecule has 0 saturated carbocycles. The highest BCUT2D eigenvalue weighted by Crippen LogP contribution is 2.29. The maximum Gasteiger partial charge on any atom is 0.363 e. The molecule has 18 heteroatoms. The Bertz CT molecular complexity index is 1930. The van der Waals surface area contributed by atoms with Crippen molar-refractivity contribution in [2.75, 3.05) is 13.3 Å². The number of aryl methyl sites for hydroxylation is 1. The number of hydroxylamine groups is 2. The summed E-state index contributed by atoms with van der Waals surface area (Å²) in [5.74, 6) is -8.69. The van der Waals surface area contributed by atoms with E-state index in [0.29, 0.717) is 31.2 Å². The molecule has 0 bridgehead atoms. The lowest BCUT2D eigenvalue weighted by molar-refractivity contribution is -0.171. The molecule has 1 aromatic heterocycles. The Hall–Kier alpha value is -6.72. The molecule has 306 valence electrons. The smallest absolute Gasteiger partial charge is 0.363 e. The van der Waals surface area contributed by atoms with E-state index < -0.39 is 72.6 Å². The summed E-state index contributed by atoms with van der Waals surface area (Å²) in [5.41, 5.74) is 0.957. The molecule has 57 heavy (non-hydrogen) atoms. The van der Waals surface area contributed by atoms with Crippen LogP contribution in [0.25, 0.3) is 11.3 Å². The van der Waals surface area contributed by atoms with E-state index in [-0.39, 0.29) is 41.5 Å². The fourth-order valence-electron chi connectivity index (χ4n) is 5.87. The summed E-state index contributed by atoms with van der Waals surface area (Å²) < 4.78 is 10.9. The van der Waals surface area contributed by atoms with Crippen LogP contribution in [0.4, 0.5) is 0 Å². The Morgan fingerprint density at radius 3 is 2.23 bits per heavy atom. The van der Waals surface area contributed by atoms with Gasteiger partial charge in [-0.3, -0.25) is 24.0 Å². The van der Waals surface area contributed by atoms with E-state index in [2.05, 4.69) is 16.0 Å². The van der Waals surface area contributed by atoms with Gasteiger partial charge in [-0.25, -0.2) is 14.4 Å². The van der Waals surface area contributed by atoms with Gasteiger partial charge in [-0.2, -0.15) is 5.06 Å². The molecule has 0 unspecified atom stereocenters. The number of nitrogens with one attached hydrogen (secondary N) is 3. The number of benzene rings is 2. The van der Waals surface area contributed by atoms with Crippen molar-refractivity contribution in [3.63, 3.8) is 0 Å². The van der Waals surface area contributed by atoms with Gasteiger partial charge in [0.25, 0.3) is 11.8 Å². The minimum absolute atomic E-state index is 0.0810. The number of hydrogen-bond acceptors (Lipinski definition) is 11. The highest BCUT2D eigenvalue weighted by molar-refractivity contribution is 6.00. The Kier molecular flexibility index (Phi) is 17.2. The molecule has 0 spiro atoms. The molecule has 1 heterocycles. The topological polar surface area (TPSA) is 268 Å². The molecular formula is C39H46N4O14. The van der Waals surface area contributed by atoms with Gasteiger partial charge in [0.1, 0.15) is 17.6 Å². The van der Waals surface area contributed by atoms with E-state index in [1.165, 1.54) is 30.3 Å². The van der Waals surface area contributed by atoms with Crippen LogP contribution in [0.2, 0.25) is 0 Å². The highest BCUT2D eigenvalue weighted by Gasteiger charge is 2.34. The number of carboxylic acids is 3. The maximum absolute atomic E-state index is 13.6. The van der Waals surface area contributed by atoms with Crippen LogP contribution in [0.3, 0.4) is 0 Å². The summed E-state index contributed by atoms with van der Waals surface area (Å²) >= 11 is 0. The summed E-state index contributed by atoms with van der Waals surface area (Å²) in [7, 11) is 0. The third-order valence-corrected chi connectivity index (χ3v) is 8.76. The van der Waals surface area contributed by atoms with Crippen molar-refractivity contribution in [1.29, 1.82) is 0 Å². The molecule has 0 aliphatic carbocycles. The average molecular weight is 795 g/mol. The molecule has 0 aliphatic rings. The van der Waals surface area contributed by atoms with Crippen LogP contribution in [0, 0.1) is 5.92 Å². The lowest BCUT2D eigenvalue weighted by atomic mass is 9.90. The number of aliphatic carboxylic acids is 3. The summed E-state index contributed by atoms with van der Waals surface area (Å²) in [6, 6.07) is 10.7. The van der Waals surface area contributed by atoms with Gasteiger partial charge in [-0.1, -0.05) is 64.3 Å². The fraction of sp³-hybridized carbons (Fsp3) is 0.385. The van der Waals surface area contributed by atoms with Crippen LogP contribution in [-0.4, -0.2) is 93.8 Å². The number of furan rings is 1. The predicted molar refractivity (Wildman–Crippen MR) is 200 cm³/mol. The third kappa shape index (κ3) is 12.9. The van der Waals surface area contributed by atoms with Crippen molar-refractivity contribution in [2.45, 2.75) is 77.8 Å². The van der Waals surface area contributed by atoms with E-state index in [9.17, 15) is 43.5 Å². The summed E-state index contributed by atoms with van der Waals surface area (Å²) in [5, 5.41) is 35.5. The van der Waals surface area contributed by atoms with Crippen LogP contribution in [0.15, 0.2) is 59.0 Å². The largest absolute Gasteiger partial charge is 0.481 e. The van der Waals surface area contributed by atoms with E-state index in [0.717, 1.165) is 23.5 Å². The van der Waals surface area contributed by atoms with E-state index >= 15 is 0 Å². The number of rotatable bonds is 24. The molecule has 2 aromatic carbocycles. The zero-order valence-corrected chi connectivity index (χ0v) is 31.6. The number of amides is 4. The molecule has 0 saturated heterocycles. The monoisotopic (exact) mass is 794 g/mol. The van der Waals surface area contributed by atoms with Gasteiger partial charge in [0.05, 0.1) is 36.2 Å². The van der Waals surface area contributed by atoms with Gasteiger partial charge in [0.15, 0.2) is 12.4 Å². The molecule has 18 nitrogen and oxygen atoms in total. The first kappa shape index (κ1) is 44.7. The Morgan fingerprint density at radius 2 is 1.60 bits per heavy atom. The number of unbranched alkanes of at least 4 members (excludes halogenated alkanes) is 2. The average Bonchev–Trinajstić information content (AvgIpc) is 3.69. The van der Waals surface area contributed by atoms with Gasteiger partial charge in [-0.05, 0) is 55.2 Å². The van der Waals surface area contributed by atoms with Crippen LogP contribution in [0.5, 0.6) is 5.75 Å². The lowest BCUT2D eigenvalue weighted by Gasteiger charge is -2.32. The number of ether oxygens (including phenoxy) is 1. The second-order valence-corrected chi connectivity index (χ2v) is 12.7. The maximum atomic E-state index is 13.6. The number of carbonyl (C=O) groups is 8. The Morgan fingerprint density at radius 1 is 0.860 bits per heavy atom. The third-order valence-electron chi connectivity index (χ3n) is 8.76. The Labute approximate surface area is 327 Å². The molecule has 6 N–H and O–H groups in total. The van der Waals surface area contributed by atoms with Crippen molar-refractivity contribution in [3.05, 3.63) is 77.0 Å². The predicted octanol–water partition coefficient (Wildman–Crippen LogP) is 3.64. The quantitative estimate of drug-likeness (QED) is 0.0327. The zero-order valence-electron chi connectivity index (χ0n) is 31.6. The fourth-order valence-corrected chi connectivity index (χ4v) is 5.87. The number of carbonyl (C=O) groups excluding carboxylic acids is 5. The number of nitrogens with zero attached hydrogens (tertiary/aromatic N) is 1. The molecule has 0 radical (unpaired) electrons. The van der Waals surface area contributed by atoms with Crippen molar-refractivity contribution < 1.29 is 67.7 Å². The van der Waals surface area contributed by atoms with Crippen LogP contribution >= 0.6 is 0 Å². The van der Waals surface area contributed by atoms with Crippen molar-refractivity contribution in [1.82, 2.24) is 21.0 Å². The van der Waals surface area contributed by atoms with Gasteiger partial charge in [-0.15, -0.1) is 0 Å². The van der Waals surface area contributed by atoms with E-state index in [4.69, 9.17) is 24.2 Å². The normalized spacial score (nSPS) is 12.3. The SMILES string of the molecule is CCCCC[C@@H](C(=O)NCNC(=O)c1ccc(-c2ccc(C(=O)N[C@@H](CC(=O)O)C(=O)O)c(OCC(=O)O)c2)o1)[C@@H](CC)N(C=O)OC(=O)c1ccccc1CC. The standard InChI is InChI=1S/C39H46N4O14/c1-4-7-8-13-26(29(6-3)43(22-44)57-39(54)25-12-10-9-11-23(25)5-2)35(49)40-21-41-37(51)31-17-16-30(56-31)24-14-15-27(32(18-24)55-20-34(47)48)36(50)42-28(38(52)53)19-33(45)46/h9-12,14-18,22,26,28-29H,4-8,13,19-21H2,1-3H3,(H,40,49)(H,41,51)(H,42,50)(H,45,46)(H,47,48)(H,52,53)/t26-,28+,29-/m1/s1. The number of hydrogen-bond donors (Lipinski definition) is 6. The molecule has 0 fully saturated rings. The molecule has 0 aliphatic heterocycles. The summed E-state index contributed by atoms with van der Waals surface area (Å²) in [4.78, 5) is 104. The van der Waals surface area contributed by atoms with E-state index in [1.807, 2.05) is 13.8 Å². The van der Waals surface area contributed by atoms with Crippen molar-refractivity contribution in [2.24, 2.45) is 5.92 Å². The summed E-state index contributed by atoms with van der Waals surface area (Å²) in [6.45, 7) is 4.41. The number of carboxylic acid groups (broad SMARTS) is 3. The van der Waals surface area contributed by atoms with Gasteiger partial charge in [0, 0.05) is 5.56 Å². The molecule has 3 aromatic rings. The first-order chi connectivity index (χ1) is 27.2. The minimum atomic E-state index is -1.79. The second kappa shape index (κ2) is 22.0. The highest BCUT2D eigenvalue weighted by atomic mass is 16.7. The molecule has 3 atom stereocenters.